The maximum absolute atomic E-state index is 14.0. The zero-order chi connectivity index (χ0) is 24.5. The molecule has 2 aromatic carbocycles. The van der Waals surface area contributed by atoms with Gasteiger partial charge in [0.2, 0.25) is 5.91 Å². The van der Waals surface area contributed by atoms with Crippen molar-refractivity contribution in [3.63, 3.8) is 0 Å². The van der Waals surface area contributed by atoms with Crippen molar-refractivity contribution in [1.29, 1.82) is 0 Å². The lowest BCUT2D eigenvalue weighted by molar-refractivity contribution is -0.119. The van der Waals surface area contributed by atoms with Crippen LogP contribution in [0.1, 0.15) is 29.6 Å². The Kier molecular flexibility index (Phi) is 9.00. The van der Waals surface area contributed by atoms with E-state index in [1.165, 1.54) is 19.2 Å². The summed E-state index contributed by atoms with van der Waals surface area (Å²) in [5.74, 6) is -0.455. The Morgan fingerprint density at radius 2 is 1.82 bits per heavy atom. The van der Waals surface area contributed by atoms with Gasteiger partial charge in [0.15, 0.2) is 22.5 Å². The van der Waals surface area contributed by atoms with Crippen molar-refractivity contribution in [3.8, 4) is 5.75 Å². The highest BCUT2D eigenvalue weighted by atomic mass is 32.2. The fourth-order valence-corrected chi connectivity index (χ4v) is 4.35. The summed E-state index contributed by atoms with van der Waals surface area (Å²) in [6, 6.07) is 14.3. The van der Waals surface area contributed by atoms with Gasteiger partial charge in [-0.25, -0.2) is 9.18 Å². The van der Waals surface area contributed by atoms with E-state index in [1.54, 1.807) is 35.9 Å². The lowest BCUT2D eigenvalue weighted by Gasteiger charge is -2.20. The van der Waals surface area contributed by atoms with E-state index in [0.29, 0.717) is 23.2 Å². The highest BCUT2D eigenvalue weighted by Crippen LogP contribution is 2.36. The highest BCUT2D eigenvalue weighted by Gasteiger charge is 2.28. The second kappa shape index (κ2) is 12.1. The van der Waals surface area contributed by atoms with E-state index in [1.807, 2.05) is 25.1 Å². The predicted molar refractivity (Wildman–Crippen MR) is 125 cm³/mol. The number of imide groups is 1. The fraction of sp³-hybridized carbons (Fsp3) is 0.304. The van der Waals surface area contributed by atoms with Crippen LogP contribution in [0.15, 0.2) is 59.8 Å². The van der Waals surface area contributed by atoms with Crippen molar-refractivity contribution >= 4 is 23.7 Å². The Morgan fingerprint density at radius 1 is 1.12 bits per heavy atom. The molecule has 1 aromatic heterocycles. The second-order valence-corrected chi connectivity index (χ2v) is 8.34. The minimum atomic E-state index is -0.781. The lowest BCUT2D eigenvalue weighted by Crippen LogP contribution is -2.39. The molecule has 3 aromatic rings. The molecule has 0 bridgehead atoms. The summed E-state index contributed by atoms with van der Waals surface area (Å²) in [6.45, 7) is 2.22. The van der Waals surface area contributed by atoms with E-state index >= 15 is 0 Å². The number of nitrogens with one attached hydrogen (secondary N) is 2. The summed E-state index contributed by atoms with van der Waals surface area (Å²) in [5.41, 5.74) is 0.687. The summed E-state index contributed by atoms with van der Waals surface area (Å²) in [4.78, 5) is 24.7. The maximum atomic E-state index is 14.0. The van der Waals surface area contributed by atoms with Gasteiger partial charge in [0.1, 0.15) is 11.9 Å². The minimum Gasteiger partial charge on any atom is -0.483 e. The predicted octanol–water partition coefficient (Wildman–Crippen LogP) is 3.49. The van der Waals surface area contributed by atoms with Crippen molar-refractivity contribution < 1.29 is 23.5 Å². The molecule has 0 saturated carbocycles. The van der Waals surface area contributed by atoms with Crippen LogP contribution in [0, 0.1) is 5.82 Å². The molecule has 0 saturated heterocycles. The number of hydrogen-bond acceptors (Lipinski definition) is 7. The topological polar surface area (TPSA) is 107 Å². The summed E-state index contributed by atoms with van der Waals surface area (Å²) in [5, 5.41) is 12.8. The summed E-state index contributed by atoms with van der Waals surface area (Å²) in [7, 11) is 3.00. The number of carbonyl (C=O) groups excluding carboxylic acids is 2. The molecule has 1 heterocycles. The normalized spacial score (nSPS) is 12.6. The van der Waals surface area contributed by atoms with E-state index < -0.39 is 23.0 Å². The zero-order valence-electron chi connectivity index (χ0n) is 19.0. The number of urea groups is 1. The Labute approximate surface area is 201 Å². The van der Waals surface area contributed by atoms with Gasteiger partial charge < -0.3 is 14.8 Å². The molecule has 34 heavy (non-hydrogen) atoms. The number of hydrogen-bond donors (Lipinski definition) is 2. The molecule has 9 nitrogen and oxygen atoms in total. The Balaban J connectivity index is 1.91. The molecule has 11 heteroatoms. The summed E-state index contributed by atoms with van der Waals surface area (Å²) < 4.78 is 26.7. The van der Waals surface area contributed by atoms with Crippen LogP contribution in [0.5, 0.6) is 5.75 Å². The summed E-state index contributed by atoms with van der Waals surface area (Å²) >= 11 is 1.14. The first-order chi connectivity index (χ1) is 16.4. The van der Waals surface area contributed by atoms with Crippen molar-refractivity contribution in [2.24, 2.45) is 0 Å². The Morgan fingerprint density at radius 3 is 2.50 bits per heavy atom. The Hall–Kier alpha value is -3.44. The highest BCUT2D eigenvalue weighted by molar-refractivity contribution is 8.00. The standard InChI is InChI=1S/C23H26FN5O4S/c1-15(13-32-3)29-19(14-33-18-12-8-7-11-17(18)24)27-28-23(29)34-20(16-9-5-4-6-10-16)21(30)26-22(31)25-2/h4-12,15,20H,13-14H2,1-3H3,(H2,25,26,30,31). The third kappa shape index (κ3) is 6.33. The largest absolute Gasteiger partial charge is 0.483 e. The molecule has 0 radical (unpaired) electrons. The molecule has 0 aliphatic carbocycles. The first-order valence-corrected chi connectivity index (χ1v) is 11.4. The van der Waals surface area contributed by atoms with Crippen molar-refractivity contribution in [2.45, 2.75) is 30.0 Å². The number of benzene rings is 2. The van der Waals surface area contributed by atoms with Crippen LogP contribution in [0.25, 0.3) is 0 Å². The van der Waals surface area contributed by atoms with Crippen LogP contribution < -0.4 is 15.4 Å². The monoisotopic (exact) mass is 487 g/mol. The van der Waals surface area contributed by atoms with Gasteiger partial charge in [0.05, 0.1) is 12.6 Å². The van der Waals surface area contributed by atoms with Crippen molar-refractivity contribution in [3.05, 3.63) is 71.8 Å². The number of ether oxygens (including phenoxy) is 2. The van der Waals surface area contributed by atoms with Gasteiger partial charge in [0.25, 0.3) is 0 Å². The molecule has 0 fully saturated rings. The van der Waals surface area contributed by atoms with Gasteiger partial charge in [-0.3, -0.25) is 14.7 Å². The van der Waals surface area contributed by atoms with Gasteiger partial charge >= 0.3 is 6.03 Å². The number of carbonyl (C=O) groups is 2. The number of halogens is 1. The van der Waals surface area contributed by atoms with Gasteiger partial charge in [-0.05, 0) is 24.6 Å². The molecule has 0 aliphatic heterocycles. The molecule has 3 rings (SSSR count). The molecule has 2 atom stereocenters. The quantitative estimate of drug-likeness (QED) is 0.422. The molecule has 2 unspecified atom stereocenters. The molecule has 2 N–H and O–H groups in total. The van der Waals surface area contributed by atoms with E-state index in [4.69, 9.17) is 9.47 Å². The van der Waals surface area contributed by atoms with Gasteiger partial charge in [-0.15, -0.1) is 10.2 Å². The average Bonchev–Trinajstić information content (AvgIpc) is 3.25. The van der Waals surface area contributed by atoms with Gasteiger partial charge in [0, 0.05) is 14.2 Å². The average molecular weight is 488 g/mol. The number of nitrogens with zero attached hydrogens (tertiary/aromatic N) is 3. The minimum absolute atomic E-state index is 0.0387. The molecule has 3 amide bonds. The van der Waals surface area contributed by atoms with Crippen LogP contribution in [0.3, 0.4) is 0 Å². The number of para-hydroxylation sites is 1. The smallest absolute Gasteiger partial charge is 0.321 e. The Bertz CT molecular complexity index is 1110. The first kappa shape index (κ1) is 25.2. The number of aromatic nitrogens is 3. The van der Waals surface area contributed by atoms with Crippen LogP contribution in [0.2, 0.25) is 0 Å². The number of thioether (sulfide) groups is 1. The number of amides is 3. The van der Waals surface area contributed by atoms with E-state index in [0.717, 1.165) is 11.8 Å². The maximum Gasteiger partial charge on any atom is 0.321 e. The second-order valence-electron chi connectivity index (χ2n) is 7.27. The van der Waals surface area contributed by atoms with Gasteiger partial charge in [-0.1, -0.05) is 54.2 Å². The fourth-order valence-electron chi connectivity index (χ4n) is 3.19. The zero-order valence-corrected chi connectivity index (χ0v) is 19.8. The third-order valence-electron chi connectivity index (χ3n) is 4.80. The lowest BCUT2D eigenvalue weighted by atomic mass is 10.1. The molecule has 0 spiro atoms. The molecular formula is C23H26FN5O4S. The number of rotatable bonds is 10. The van der Waals surface area contributed by atoms with Crippen LogP contribution in [-0.4, -0.2) is 47.5 Å². The van der Waals surface area contributed by atoms with E-state index in [2.05, 4.69) is 20.8 Å². The van der Waals surface area contributed by atoms with Crippen molar-refractivity contribution in [1.82, 2.24) is 25.4 Å². The number of methoxy groups -OCH3 is 1. The SMILES string of the molecule is CNC(=O)NC(=O)C(Sc1nnc(COc2ccccc2F)n1C(C)COC)c1ccccc1. The van der Waals surface area contributed by atoms with E-state index in [9.17, 15) is 14.0 Å². The third-order valence-corrected chi connectivity index (χ3v) is 6.02. The molecular weight excluding hydrogens is 461 g/mol. The molecule has 180 valence electrons. The molecule has 0 aliphatic rings. The van der Waals surface area contributed by atoms with Crippen LogP contribution in [0.4, 0.5) is 9.18 Å². The van der Waals surface area contributed by atoms with Crippen LogP contribution >= 0.6 is 11.8 Å². The van der Waals surface area contributed by atoms with Crippen molar-refractivity contribution in [2.75, 3.05) is 20.8 Å². The van der Waals surface area contributed by atoms with E-state index in [-0.39, 0.29) is 18.4 Å². The first-order valence-electron chi connectivity index (χ1n) is 10.5. The summed E-state index contributed by atoms with van der Waals surface area (Å²) in [6.07, 6.45) is 0. The van der Waals surface area contributed by atoms with Crippen LogP contribution in [-0.2, 0) is 16.1 Å². The van der Waals surface area contributed by atoms with Gasteiger partial charge in [-0.2, -0.15) is 0 Å².